The standard InChI is InChI=1S/C26H26N4OS/c1-5-30-23-9-7-6-8-20(23)21-14-19(10-11-24(21)30)29-25(31)12-13-32-26-22(15-27)17(3)16(2)18(4)28-26/h6-11,14H,5,12-13H2,1-4H3,(H,29,31). The smallest absolute Gasteiger partial charge is 0.225 e. The first-order valence-corrected chi connectivity index (χ1v) is 11.7. The number of nitrogens with one attached hydrogen (secondary N) is 1. The van der Waals surface area contributed by atoms with Crippen molar-refractivity contribution < 1.29 is 4.79 Å². The lowest BCUT2D eigenvalue weighted by Crippen LogP contribution is -2.12. The average Bonchev–Trinajstić information content (AvgIpc) is 3.11. The van der Waals surface area contributed by atoms with E-state index in [1.54, 1.807) is 0 Å². The molecule has 1 N–H and O–H groups in total. The van der Waals surface area contributed by atoms with E-state index in [9.17, 15) is 10.1 Å². The lowest BCUT2D eigenvalue weighted by molar-refractivity contribution is -0.115. The van der Waals surface area contributed by atoms with Crippen LogP contribution in [0.25, 0.3) is 21.8 Å². The molecule has 32 heavy (non-hydrogen) atoms. The van der Waals surface area contributed by atoms with Crippen molar-refractivity contribution >= 4 is 45.2 Å². The number of aromatic nitrogens is 2. The molecule has 0 unspecified atom stereocenters. The fourth-order valence-electron chi connectivity index (χ4n) is 4.08. The van der Waals surface area contributed by atoms with Gasteiger partial charge < -0.3 is 9.88 Å². The highest BCUT2D eigenvalue weighted by Gasteiger charge is 2.14. The molecular weight excluding hydrogens is 416 g/mol. The highest BCUT2D eigenvalue weighted by molar-refractivity contribution is 7.99. The first kappa shape index (κ1) is 21.9. The summed E-state index contributed by atoms with van der Waals surface area (Å²) in [5.41, 5.74) is 6.71. The second-order valence-corrected chi connectivity index (χ2v) is 8.96. The van der Waals surface area contributed by atoms with Crippen LogP contribution in [0, 0.1) is 32.1 Å². The summed E-state index contributed by atoms with van der Waals surface area (Å²) in [5.74, 6) is 0.516. The number of para-hydroxylation sites is 1. The van der Waals surface area contributed by atoms with E-state index in [-0.39, 0.29) is 5.91 Å². The Kier molecular flexibility index (Phi) is 6.20. The minimum absolute atomic E-state index is 0.0462. The number of benzene rings is 2. The van der Waals surface area contributed by atoms with Gasteiger partial charge in [0.05, 0.1) is 5.56 Å². The van der Waals surface area contributed by atoms with Crippen molar-refractivity contribution in [1.82, 2.24) is 9.55 Å². The van der Waals surface area contributed by atoms with Crippen LogP contribution in [0.2, 0.25) is 0 Å². The molecule has 2 aromatic carbocycles. The van der Waals surface area contributed by atoms with Gasteiger partial charge in [0, 0.05) is 51.9 Å². The van der Waals surface area contributed by atoms with Crippen molar-refractivity contribution in [2.45, 2.75) is 45.7 Å². The zero-order valence-corrected chi connectivity index (χ0v) is 19.6. The maximum Gasteiger partial charge on any atom is 0.225 e. The van der Waals surface area contributed by atoms with Gasteiger partial charge in [0.2, 0.25) is 5.91 Å². The molecule has 1 amide bonds. The van der Waals surface area contributed by atoms with Crippen molar-refractivity contribution in [2.24, 2.45) is 0 Å². The molecular formula is C26H26N4OS. The van der Waals surface area contributed by atoms with Gasteiger partial charge in [-0.2, -0.15) is 5.26 Å². The van der Waals surface area contributed by atoms with E-state index in [0.717, 1.165) is 34.4 Å². The number of hydrogen-bond acceptors (Lipinski definition) is 4. The van der Waals surface area contributed by atoms with Gasteiger partial charge in [-0.15, -0.1) is 11.8 Å². The summed E-state index contributed by atoms with van der Waals surface area (Å²) >= 11 is 1.46. The maximum atomic E-state index is 12.6. The van der Waals surface area contributed by atoms with Crippen LogP contribution >= 0.6 is 11.8 Å². The van der Waals surface area contributed by atoms with E-state index in [1.165, 1.54) is 28.2 Å². The number of pyridine rings is 1. The number of anilines is 1. The fourth-order valence-corrected chi connectivity index (χ4v) is 5.11. The number of nitrogens with zero attached hydrogens (tertiary/aromatic N) is 3. The maximum absolute atomic E-state index is 12.6. The molecule has 5 nitrogen and oxygen atoms in total. The van der Waals surface area contributed by atoms with Crippen molar-refractivity contribution in [3.8, 4) is 6.07 Å². The first-order chi connectivity index (χ1) is 15.4. The molecule has 2 aromatic heterocycles. The number of carbonyl (C=O) groups is 1. The lowest BCUT2D eigenvalue weighted by Gasteiger charge is -2.11. The summed E-state index contributed by atoms with van der Waals surface area (Å²) in [7, 11) is 0. The van der Waals surface area contributed by atoms with E-state index in [4.69, 9.17) is 0 Å². The Balaban J connectivity index is 1.47. The third-order valence-corrected chi connectivity index (χ3v) is 6.99. The first-order valence-electron chi connectivity index (χ1n) is 10.8. The van der Waals surface area contributed by atoms with Crippen LogP contribution in [0.1, 0.15) is 35.7 Å². The van der Waals surface area contributed by atoms with Crippen LogP contribution in [0.3, 0.4) is 0 Å². The van der Waals surface area contributed by atoms with Crippen molar-refractivity contribution in [3.05, 3.63) is 64.8 Å². The molecule has 0 saturated carbocycles. The van der Waals surface area contributed by atoms with Gasteiger partial charge in [-0.25, -0.2) is 4.98 Å². The highest BCUT2D eigenvalue weighted by Crippen LogP contribution is 2.31. The SMILES string of the molecule is CCn1c2ccccc2c2cc(NC(=O)CCSc3nc(C)c(C)c(C)c3C#N)ccc21. The van der Waals surface area contributed by atoms with Crippen molar-refractivity contribution in [1.29, 1.82) is 5.26 Å². The second-order valence-electron chi connectivity index (χ2n) is 7.88. The number of amides is 1. The van der Waals surface area contributed by atoms with Gasteiger partial charge in [0.1, 0.15) is 11.1 Å². The normalized spacial score (nSPS) is 11.1. The Morgan fingerprint density at radius 2 is 1.84 bits per heavy atom. The molecule has 4 rings (SSSR count). The number of nitriles is 1. The number of rotatable bonds is 6. The summed E-state index contributed by atoms with van der Waals surface area (Å²) in [6, 6.07) is 16.7. The molecule has 0 aliphatic rings. The highest BCUT2D eigenvalue weighted by atomic mass is 32.2. The van der Waals surface area contributed by atoms with Gasteiger partial charge in [-0.05, 0) is 63.1 Å². The average molecular weight is 443 g/mol. The predicted molar refractivity (Wildman–Crippen MR) is 132 cm³/mol. The molecule has 2 heterocycles. The molecule has 0 saturated heterocycles. The molecule has 0 aliphatic carbocycles. The summed E-state index contributed by atoms with van der Waals surface area (Å²) in [6.45, 7) is 8.92. The van der Waals surface area contributed by atoms with E-state index < -0.39 is 0 Å². The number of thioether (sulfide) groups is 1. The minimum Gasteiger partial charge on any atom is -0.341 e. The van der Waals surface area contributed by atoms with E-state index in [0.29, 0.717) is 22.8 Å². The summed E-state index contributed by atoms with van der Waals surface area (Å²) in [6.07, 6.45) is 0.345. The fraction of sp³-hybridized carbons (Fsp3) is 0.269. The van der Waals surface area contributed by atoms with Crippen LogP contribution in [0.4, 0.5) is 5.69 Å². The van der Waals surface area contributed by atoms with Crippen LogP contribution in [0.15, 0.2) is 47.5 Å². The summed E-state index contributed by atoms with van der Waals surface area (Å²) in [4.78, 5) is 17.2. The Bertz CT molecular complexity index is 1380. The molecule has 4 aromatic rings. The Morgan fingerprint density at radius 1 is 1.09 bits per heavy atom. The Morgan fingerprint density at radius 3 is 2.59 bits per heavy atom. The lowest BCUT2D eigenvalue weighted by atomic mass is 10.1. The predicted octanol–water partition coefficient (Wildman–Crippen LogP) is 6.13. The Labute approximate surface area is 192 Å². The molecule has 0 fully saturated rings. The minimum atomic E-state index is -0.0462. The molecule has 0 atom stereocenters. The monoisotopic (exact) mass is 442 g/mol. The molecule has 162 valence electrons. The third-order valence-electron chi connectivity index (χ3n) is 6.02. The quantitative estimate of drug-likeness (QED) is 0.365. The number of fused-ring (bicyclic) bond motifs is 3. The Hall–Kier alpha value is -3.30. The van der Waals surface area contributed by atoms with Gasteiger partial charge in [0.15, 0.2) is 0 Å². The summed E-state index contributed by atoms with van der Waals surface area (Å²) in [5, 5.41) is 15.6. The summed E-state index contributed by atoms with van der Waals surface area (Å²) < 4.78 is 2.29. The van der Waals surface area contributed by atoms with E-state index in [2.05, 4.69) is 58.2 Å². The van der Waals surface area contributed by atoms with Crippen molar-refractivity contribution in [2.75, 3.05) is 11.1 Å². The molecule has 0 bridgehead atoms. The van der Waals surface area contributed by atoms with Gasteiger partial charge in [-0.1, -0.05) is 18.2 Å². The topological polar surface area (TPSA) is 70.7 Å². The van der Waals surface area contributed by atoms with Crippen LogP contribution < -0.4 is 5.32 Å². The molecule has 0 aliphatic heterocycles. The van der Waals surface area contributed by atoms with Crippen LogP contribution in [-0.4, -0.2) is 21.2 Å². The zero-order chi connectivity index (χ0) is 22.8. The van der Waals surface area contributed by atoms with Crippen molar-refractivity contribution in [3.63, 3.8) is 0 Å². The third kappa shape index (κ3) is 3.96. The van der Waals surface area contributed by atoms with Crippen LogP contribution in [0.5, 0.6) is 0 Å². The molecule has 6 heteroatoms. The second kappa shape index (κ2) is 9.05. The zero-order valence-electron chi connectivity index (χ0n) is 18.8. The number of carbonyl (C=O) groups excluding carboxylic acids is 1. The van der Waals surface area contributed by atoms with Gasteiger partial charge in [0.25, 0.3) is 0 Å². The van der Waals surface area contributed by atoms with E-state index >= 15 is 0 Å². The largest absolute Gasteiger partial charge is 0.341 e. The van der Waals surface area contributed by atoms with Crippen LogP contribution in [-0.2, 0) is 11.3 Å². The molecule has 0 radical (unpaired) electrons. The van der Waals surface area contributed by atoms with Gasteiger partial charge in [-0.3, -0.25) is 4.79 Å². The number of aryl methyl sites for hydroxylation is 2. The molecule has 0 spiro atoms. The number of hydrogen-bond donors (Lipinski definition) is 1. The van der Waals surface area contributed by atoms with E-state index in [1.807, 2.05) is 32.9 Å². The van der Waals surface area contributed by atoms with Gasteiger partial charge >= 0.3 is 0 Å².